The van der Waals surface area contributed by atoms with Crippen molar-refractivity contribution < 1.29 is 37.0 Å². The number of carboxylic acid groups (broad SMARTS) is 1. The summed E-state index contributed by atoms with van der Waals surface area (Å²) in [5.74, 6) is -2.46. The van der Waals surface area contributed by atoms with Crippen LogP contribution in [0.25, 0.3) is 16.8 Å². The predicted octanol–water partition coefficient (Wildman–Crippen LogP) is 6.11. The molecule has 1 aromatic carbocycles. The van der Waals surface area contributed by atoms with Crippen molar-refractivity contribution in [1.82, 2.24) is 19.4 Å². The number of pyridine rings is 1. The molecule has 232 valence electrons. The van der Waals surface area contributed by atoms with Gasteiger partial charge < -0.3 is 20.9 Å². The number of carboxylic acids is 1. The van der Waals surface area contributed by atoms with Crippen LogP contribution in [-0.4, -0.2) is 42.9 Å². The van der Waals surface area contributed by atoms with Gasteiger partial charge in [0.1, 0.15) is 40.2 Å². The predicted molar refractivity (Wildman–Crippen MR) is 153 cm³/mol. The van der Waals surface area contributed by atoms with Gasteiger partial charge >= 0.3 is 12.1 Å². The van der Waals surface area contributed by atoms with Crippen LogP contribution in [0.4, 0.5) is 29.2 Å². The van der Waals surface area contributed by atoms with Crippen LogP contribution in [0.2, 0.25) is 0 Å². The number of fused-ring (bicyclic) bond motifs is 1. The number of imidazole rings is 1. The third kappa shape index (κ3) is 5.51. The van der Waals surface area contributed by atoms with Crippen LogP contribution in [0.1, 0.15) is 68.2 Å². The van der Waals surface area contributed by atoms with Gasteiger partial charge in [-0.1, -0.05) is 6.92 Å². The molecular weight excluding hydrogens is 584 g/mol. The SMILES string of the molecule is CCOc1cc(C(=O)Nc2cc(C(F)(F)F)ccn2)cc(F)c1-c1nc(C2(C)CCC(C)(C(=O)O)CC2)n2ccnc(N)c12. The number of carbonyl (C=O) groups excluding carboxylic acids is 1. The van der Waals surface area contributed by atoms with E-state index in [1.807, 2.05) is 6.92 Å². The van der Waals surface area contributed by atoms with Crippen molar-refractivity contribution >= 4 is 29.0 Å². The first kappa shape index (κ1) is 30.7. The fourth-order valence-corrected chi connectivity index (χ4v) is 5.53. The molecule has 0 bridgehead atoms. The first-order valence-corrected chi connectivity index (χ1v) is 13.8. The number of ether oxygens (including phenoxy) is 1. The number of amides is 1. The van der Waals surface area contributed by atoms with E-state index in [-0.39, 0.29) is 40.8 Å². The molecule has 0 unspecified atom stereocenters. The Hall–Kier alpha value is -4.75. The lowest BCUT2D eigenvalue weighted by Gasteiger charge is -2.40. The van der Waals surface area contributed by atoms with E-state index in [0.717, 1.165) is 18.3 Å². The van der Waals surface area contributed by atoms with E-state index in [1.54, 1.807) is 24.4 Å². The van der Waals surface area contributed by atoms with Crippen molar-refractivity contribution in [2.24, 2.45) is 5.41 Å². The molecule has 3 aromatic heterocycles. The van der Waals surface area contributed by atoms with E-state index in [4.69, 9.17) is 15.5 Å². The van der Waals surface area contributed by atoms with E-state index in [0.29, 0.717) is 43.1 Å². The number of alkyl halides is 3. The lowest BCUT2D eigenvalue weighted by atomic mass is 9.65. The van der Waals surface area contributed by atoms with Crippen LogP contribution in [0.3, 0.4) is 0 Å². The average Bonchev–Trinajstić information content (AvgIpc) is 3.36. The van der Waals surface area contributed by atoms with Gasteiger partial charge in [0.25, 0.3) is 5.91 Å². The molecule has 0 atom stereocenters. The van der Waals surface area contributed by atoms with Gasteiger partial charge in [0, 0.05) is 29.6 Å². The zero-order valence-electron chi connectivity index (χ0n) is 24.1. The Kier molecular flexibility index (Phi) is 7.72. The number of hydrogen-bond donors (Lipinski definition) is 3. The molecular formula is C30H30F4N6O4. The van der Waals surface area contributed by atoms with E-state index in [1.165, 1.54) is 12.3 Å². The fourth-order valence-electron chi connectivity index (χ4n) is 5.53. The summed E-state index contributed by atoms with van der Waals surface area (Å²) in [6.45, 7) is 5.44. The lowest BCUT2D eigenvalue weighted by Crippen LogP contribution is -2.39. The first-order valence-electron chi connectivity index (χ1n) is 13.8. The maximum Gasteiger partial charge on any atom is 0.416 e. The number of aliphatic carboxylic acids is 1. The number of nitrogen functional groups attached to an aromatic ring is 1. The largest absolute Gasteiger partial charge is 0.493 e. The molecule has 1 aliphatic rings. The minimum Gasteiger partial charge on any atom is -0.493 e. The molecule has 1 fully saturated rings. The van der Waals surface area contributed by atoms with Crippen molar-refractivity contribution in [3.05, 3.63) is 65.6 Å². The number of hydrogen-bond acceptors (Lipinski definition) is 7. The smallest absolute Gasteiger partial charge is 0.416 e. The Morgan fingerprint density at radius 3 is 2.45 bits per heavy atom. The van der Waals surface area contributed by atoms with E-state index in [9.17, 15) is 27.9 Å². The molecule has 3 heterocycles. The Balaban J connectivity index is 1.58. The summed E-state index contributed by atoms with van der Waals surface area (Å²) in [5.41, 5.74) is 3.93. The number of rotatable bonds is 7. The molecule has 0 saturated heterocycles. The van der Waals surface area contributed by atoms with Gasteiger partial charge in [0.15, 0.2) is 0 Å². The van der Waals surface area contributed by atoms with Crippen molar-refractivity contribution in [3.8, 4) is 17.0 Å². The number of carbonyl (C=O) groups is 2. The second-order valence-electron chi connectivity index (χ2n) is 11.4. The Morgan fingerprint density at radius 2 is 1.82 bits per heavy atom. The van der Waals surface area contributed by atoms with Crippen molar-refractivity contribution in [3.63, 3.8) is 0 Å². The molecule has 5 rings (SSSR count). The number of halogens is 4. The Bertz CT molecular complexity index is 1760. The third-order valence-corrected chi connectivity index (χ3v) is 8.28. The highest BCUT2D eigenvalue weighted by molar-refractivity contribution is 6.05. The van der Waals surface area contributed by atoms with Crippen LogP contribution >= 0.6 is 0 Å². The second kappa shape index (κ2) is 11.1. The average molecular weight is 615 g/mol. The summed E-state index contributed by atoms with van der Waals surface area (Å²) < 4.78 is 62.9. The molecule has 4 aromatic rings. The van der Waals surface area contributed by atoms with Crippen molar-refractivity contribution in [2.45, 2.75) is 58.0 Å². The second-order valence-corrected chi connectivity index (χ2v) is 11.4. The summed E-state index contributed by atoms with van der Waals surface area (Å²) in [4.78, 5) is 37.6. The maximum atomic E-state index is 16.0. The monoisotopic (exact) mass is 614 g/mol. The van der Waals surface area contributed by atoms with Gasteiger partial charge in [-0.25, -0.2) is 19.3 Å². The molecule has 1 amide bonds. The van der Waals surface area contributed by atoms with Gasteiger partial charge in [-0.3, -0.25) is 14.0 Å². The van der Waals surface area contributed by atoms with E-state index in [2.05, 4.69) is 15.3 Å². The molecule has 10 nitrogen and oxygen atoms in total. The zero-order chi connectivity index (χ0) is 32.0. The molecule has 1 aliphatic carbocycles. The van der Waals surface area contributed by atoms with Gasteiger partial charge in [-0.15, -0.1) is 0 Å². The van der Waals surface area contributed by atoms with E-state index < -0.39 is 40.3 Å². The number of anilines is 2. The summed E-state index contributed by atoms with van der Waals surface area (Å²) in [5, 5.41) is 12.0. The van der Waals surface area contributed by atoms with Gasteiger partial charge in [0.05, 0.1) is 23.1 Å². The minimum absolute atomic E-state index is 0.0447. The van der Waals surface area contributed by atoms with Crippen molar-refractivity contribution in [2.75, 3.05) is 17.7 Å². The van der Waals surface area contributed by atoms with Crippen LogP contribution in [-0.2, 0) is 16.4 Å². The quantitative estimate of drug-likeness (QED) is 0.212. The molecule has 0 spiro atoms. The topological polar surface area (TPSA) is 145 Å². The van der Waals surface area contributed by atoms with E-state index >= 15 is 4.39 Å². The Labute approximate surface area is 249 Å². The van der Waals surface area contributed by atoms with Gasteiger partial charge in [-0.05, 0) is 63.8 Å². The Morgan fingerprint density at radius 1 is 1.11 bits per heavy atom. The minimum atomic E-state index is -4.65. The number of nitrogens with one attached hydrogen (secondary N) is 1. The van der Waals surface area contributed by atoms with Gasteiger partial charge in [-0.2, -0.15) is 13.2 Å². The highest BCUT2D eigenvalue weighted by Crippen LogP contribution is 2.48. The molecule has 14 heteroatoms. The highest BCUT2D eigenvalue weighted by Gasteiger charge is 2.45. The third-order valence-electron chi connectivity index (χ3n) is 8.28. The lowest BCUT2D eigenvalue weighted by molar-refractivity contribution is -0.150. The standard InChI is InChI=1S/C30H30F4N6O4/c1-4-44-19-14-16(25(41)38-20-15-17(5-10-36-20)30(32,33)34)13-18(31)21(19)22-23-24(35)37-11-12-40(23)26(39-22)28(2)6-8-29(3,9-7-28)27(42)43/h5,10-15H,4,6-9H2,1-3H3,(H2,35,37)(H,42,43)(H,36,38,41). The zero-order valence-corrected chi connectivity index (χ0v) is 24.1. The molecule has 0 aliphatic heterocycles. The summed E-state index contributed by atoms with van der Waals surface area (Å²) in [6.07, 6.45) is 1.21. The number of nitrogens with zero attached hydrogens (tertiary/aromatic N) is 4. The summed E-state index contributed by atoms with van der Waals surface area (Å²) in [7, 11) is 0. The van der Waals surface area contributed by atoms with Crippen LogP contribution < -0.4 is 15.8 Å². The molecule has 44 heavy (non-hydrogen) atoms. The highest BCUT2D eigenvalue weighted by atomic mass is 19.4. The number of benzene rings is 1. The van der Waals surface area contributed by atoms with Crippen LogP contribution in [0, 0.1) is 11.2 Å². The van der Waals surface area contributed by atoms with Crippen LogP contribution in [0.5, 0.6) is 5.75 Å². The normalized spacial score (nSPS) is 20.4. The van der Waals surface area contributed by atoms with Crippen molar-refractivity contribution in [1.29, 1.82) is 0 Å². The maximum absolute atomic E-state index is 16.0. The summed E-state index contributed by atoms with van der Waals surface area (Å²) >= 11 is 0. The molecule has 0 radical (unpaired) electrons. The molecule has 1 saturated carbocycles. The number of nitrogens with two attached hydrogens (primary N) is 1. The first-order chi connectivity index (χ1) is 20.7. The molecule has 4 N–H and O–H groups in total. The van der Waals surface area contributed by atoms with Gasteiger partial charge in [0.2, 0.25) is 0 Å². The summed E-state index contributed by atoms with van der Waals surface area (Å²) in [6, 6.07) is 3.63. The number of aromatic nitrogens is 4. The fraction of sp³-hybridized carbons (Fsp3) is 0.367. The van der Waals surface area contributed by atoms with Crippen LogP contribution in [0.15, 0.2) is 42.9 Å².